The first-order chi connectivity index (χ1) is 11.3. The summed E-state index contributed by atoms with van der Waals surface area (Å²) < 4.78 is 4.13. The zero-order valence-corrected chi connectivity index (χ0v) is 15.3. The van der Waals surface area contributed by atoms with Gasteiger partial charge in [0.05, 0.1) is 15.1 Å². The third kappa shape index (κ3) is 3.99. The van der Waals surface area contributed by atoms with Crippen LogP contribution in [-0.4, -0.2) is 36.9 Å². The van der Waals surface area contributed by atoms with Crippen LogP contribution in [0.15, 0.2) is 16.9 Å². The number of carbonyl (C=O) groups excluding carboxylic acids is 1. The van der Waals surface area contributed by atoms with Crippen LogP contribution in [0.1, 0.15) is 30.8 Å². The van der Waals surface area contributed by atoms with Crippen molar-refractivity contribution in [1.82, 2.24) is 24.9 Å². The van der Waals surface area contributed by atoms with Gasteiger partial charge in [0.2, 0.25) is 5.91 Å². The lowest BCUT2D eigenvalue weighted by atomic mass is 10.3. The lowest BCUT2D eigenvalue weighted by molar-refractivity contribution is -0.385. The van der Waals surface area contributed by atoms with E-state index in [1.165, 1.54) is 4.68 Å². The molecule has 0 saturated carbocycles. The van der Waals surface area contributed by atoms with Gasteiger partial charge in [0.25, 0.3) is 0 Å². The molecule has 0 fully saturated rings. The molecule has 2 rings (SSSR count). The van der Waals surface area contributed by atoms with Crippen LogP contribution in [0.3, 0.4) is 0 Å². The molecule has 0 aliphatic heterocycles. The number of hydrogen-bond donors (Lipinski definition) is 1. The first-order valence-corrected chi connectivity index (χ1v) is 8.26. The summed E-state index contributed by atoms with van der Waals surface area (Å²) in [5, 5.41) is 21.9. The molecule has 1 unspecified atom stereocenters. The average Bonchev–Trinajstić information content (AvgIpc) is 3.05. The van der Waals surface area contributed by atoms with Crippen LogP contribution < -0.4 is 5.32 Å². The van der Waals surface area contributed by atoms with Gasteiger partial charge < -0.3 is 5.32 Å². The van der Waals surface area contributed by atoms with E-state index in [0.29, 0.717) is 18.8 Å². The molecular formula is C14H19BrN6O3. The Hall–Kier alpha value is -2.23. The molecule has 130 valence electrons. The van der Waals surface area contributed by atoms with Gasteiger partial charge in [0.1, 0.15) is 17.9 Å². The molecule has 0 aromatic carbocycles. The van der Waals surface area contributed by atoms with Crippen LogP contribution in [0.5, 0.6) is 0 Å². The number of aryl methyl sites for hydroxylation is 2. The molecule has 0 saturated heterocycles. The van der Waals surface area contributed by atoms with Gasteiger partial charge in [-0.05, 0) is 43.1 Å². The van der Waals surface area contributed by atoms with Crippen LogP contribution in [0.2, 0.25) is 0 Å². The van der Waals surface area contributed by atoms with Crippen LogP contribution in [0, 0.1) is 24.0 Å². The van der Waals surface area contributed by atoms with Crippen LogP contribution >= 0.6 is 15.9 Å². The Labute approximate surface area is 147 Å². The molecule has 2 heterocycles. The van der Waals surface area contributed by atoms with Gasteiger partial charge in [-0.25, -0.2) is 0 Å². The maximum atomic E-state index is 12.2. The van der Waals surface area contributed by atoms with Crippen molar-refractivity contribution in [2.24, 2.45) is 0 Å². The van der Waals surface area contributed by atoms with Crippen molar-refractivity contribution in [2.45, 2.75) is 39.8 Å². The van der Waals surface area contributed by atoms with E-state index in [-0.39, 0.29) is 11.6 Å². The van der Waals surface area contributed by atoms with Gasteiger partial charge in [-0.3, -0.25) is 24.3 Å². The summed E-state index contributed by atoms with van der Waals surface area (Å²) in [7, 11) is 0. The van der Waals surface area contributed by atoms with Crippen molar-refractivity contribution in [2.75, 3.05) is 6.54 Å². The van der Waals surface area contributed by atoms with E-state index in [0.717, 1.165) is 22.8 Å². The summed E-state index contributed by atoms with van der Waals surface area (Å²) in [6.07, 6.45) is 3.79. The lowest BCUT2D eigenvalue weighted by Crippen LogP contribution is -2.33. The van der Waals surface area contributed by atoms with Crippen molar-refractivity contribution in [3.05, 3.63) is 38.4 Å². The fourth-order valence-corrected chi connectivity index (χ4v) is 2.62. The summed E-state index contributed by atoms with van der Waals surface area (Å²) in [6.45, 7) is 6.32. The molecule has 0 bridgehead atoms. The minimum absolute atomic E-state index is 0.0886. The Morgan fingerprint density at radius 1 is 1.50 bits per heavy atom. The number of carbonyl (C=O) groups is 1. The summed E-state index contributed by atoms with van der Waals surface area (Å²) in [5.41, 5.74) is 1.19. The second kappa shape index (κ2) is 7.56. The minimum Gasteiger partial charge on any atom is -0.354 e. The van der Waals surface area contributed by atoms with E-state index in [1.54, 1.807) is 13.8 Å². The van der Waals surface area contributed by atoms with E-state index in [9.17, 15) is 14.9 Å². The molecule has 1 atom stereocenters. The number of amides is 1. The minimum atomic E-state index is -0.611. The fraction of sp³-hybridized carbons (Fsp3) is 0.500. The number of halogens is 1. The molecule has 2 aromatic rings. The number of nitrogens with one attached hydrogen (secondary N) is 1. The number of hydrogen-bond acceptors (Lipinski definition) is 5. The third-order valence-electron chi connectivity index (χ3n) is 3.71. The first-order valence-electron chi connectivity index (χ1n) is 7.47. The van der Waals surface area contributed by atoms with Crippen molar-refractivity contribution >= 4 is 27.5 Å². The molecule has 0 aliphatic rings. The highest BCUT2D eigenvalue weighted by Gasteiger charge is 2.23. The van der Waals surface area contributed by atoms with Gasteiger partial charge in [0.15, 0.2) is 0 Å². The smallest absolute Gasteiger partial charge is 0.309 e. The largest absolute Gasteiger partial charge is 0.354 e. The quantitative estimate of drug-likeness (QED) is 0.436. The van der Waals surface area contributed by atoms with Gasteiger partial charge in [-0.15, -0.1) is 0 Å². The highest BCUT2D eigenvalue weighted by molar-refractivity contribution is 9.10. The van der Waals surface area contributed by atoms with E-state index in [4.69, 9.17) is 0 Å². The summed E-state index contributed by atoms with van der Waals surface area (Å²) in [4.78, 5) is 22.5. The van der Waals surface area contributed by atoms with Crippen molar-refractivity contribution < 1.29 is 9.72 Å². The van der Waals surface area contributed by atoms with Gasteiger partial charge >= 0.3 is 5.69 Å². The summed E-state index contributed by atoms with van der Waals surface area (Å²) in [5.74, 6) is -0.228. The Bertz CT molecular complexity index is 734. The summed E-state index contributed by atoms with van der Waals surface area (Å²) in [6, 6.07) is -0.611. The molecule has 10 heteroatoms. The fourth-order valence-electron chi connectivity index (χ4n) is 2.30. The highest BCUT2D eigenvalue weighted by Crippen LogP contribution is 2.20. The topological polar surface area (TPSA) is 108 Å². The zero-order chi connectivity index (χ0) is 17.9. The lowest BCUT2D eigenvalue weighted by Gasteiger charge is -2.14. The van der Waals surface area contributed by atoms with Crippen LogP contribution in [-0.2, 0) is 11.3 Å². The third-order valence-corrected chi connectivity index (χ3v) is 4.49. The molecule has 0 aliphatic carbocycles. The van der Waals surface area contributed by atoms with E-state index >= 15 is 0 Å². The zero-order valence-electron chi connectivity index (χ0n) is 13.7. The standard InChI is InChI=1S/C14H19BrN6O3/c1-9-12(15)8-19(18-9)6-4-5-16-14(22)11(3)20-10(2)13(7-17-20)21(23)24/h7-8,11H,4-6H2,1-3H3,(H,16,22). The highest BCUT2D eigenvalue weighted by atomic mass is 79.9. The van der Waals surface area contributed by atoms with Gasteiger partial charge in [-0.2, -0.15) is 10.2 Å². The SMILES string of the molecule is Cc1nn(CCCNC(=O)C(C)n2ncc([N+](=O)[O-])c2C)cc1Br. The van der Waals surface area contributed by atoms with Gasteiger partial charge in [0, 0.05) is 19.3 Å². The molecule has 9 nitrogen and oxygen atoms in total. The van der Waals surface area contributed by atoms with Gasteiger partial charge in [-0.1, -0.05) is 0 Å². The first kappa shape index (κ1) is 18.1. The number of nitrogens with zero attached hydrogens (tertiary/aromatic N) is 5. The van der Waals surface area contributed by atoms with Crippen LogP contribution in [0.4, 0.5) is 5.69 Å². The second-order valence-corrected chi connectivity index (χ2v) is 6.32. The van der Waals surface area contributed by atoms with Crippen LogP contribution in [0.25, 0.3) is 0 Å². The Morgan fingerprint density at radius 3 is 2.75 bits per heavy atom. The second-order valence-electron chi connectivity index (χ2n) is 5.46. The normalized spacial score (nSPS) is 12.2. The van der Waals surface area contributed by atoms with E-state index in [1.807, 2.05) is 17.8 Å². The Balaban J connectivity index is 1.84. The molecule has 1 amide bonds. The van der Waals surface area contributed by atoms with Crippen molar-refractivity contribution in [1.29, 1.82) is 0 Å². The van der Waals surface area contributed by atoms with E-state index in [2.05, 4.69) is 31.4 Å². The predicted molar refractivity (Wildman–Crippen MR) is 90.6 cm³/mol. The number of nitro groups is 1. The molecular weight excluding hydrogens is 380 g/mol. The maximum Gasteiger partial charge on any atom is 0.309 e. The molecule has 2 aromatic heterocycles. The molecule has 24 heavy (non-hydrogen) atoms. The molecule has 1 N–H and O–H groups in total. The van der Waals surface area contributed by atoms with Crippen molar-refractivity contribution in [3.63, 3.8) is 0 Å². The average molecular weight is 399 g/mol. The molecule has 0 spiro atoms. The predicted octanol–water partition coefficient (Wildman–Crippen LogP) is 2.13. The Morgan fingerprint density at radius 2 is 2.21 bits per heavy atom. The molecule has 0 radical (unpaired) electrons. The summed E-state index contributed by atoms with van der Waals surface area (Å²) >= 11 is 3.40. The number of rotatable bonds is 7. The van der Waals surface area contributed by atoms with E-state index < -0.39 is 11.0 Å². The maximum absolute atomic E-state index is 12.2. The monoisotopic (exact) mass is 398 g/mol. The van der Waals surface area contributed by atoms with Crippen molar-refractivity contribution in [3.8, 4) is 0 Å². The Kier molecular flexibility index (Phi) is 5.71. The number of aromatic nitrogens is 4.